The highest BCUT2D eigenvalue weighted by Crippen LogP contribution is 2.32. The van der Waals surface area contributed by atoms with E-state index < -0.39 is 0 Å². The lowest BCUT2D eigenvalue weighted by Gasteiger charge is -2.10. The Morgan fingerprint density at radius 2 is 1.97 bits per heavy atom. The number of para-hydroxylation sites is 1. The lowest BCUT2D eigenvalue weighted by Crippen LogP contribution is -2.19. The van der Waals surface area contributed by atoms with E-state index in [9.17, 15) is 4.79 Å². The average Bonchev–Trinajstić information content (AvgIpc) is 3.53. The zero-order chi connectivity index (χ0) is 21.5. The molecule has 0 radical (unpaired) electrons. The molecule has 5 aromatic rings. The molecule has 0 saturated carbocycles. The number of ether oxygens (including phenoxy) is 1. The van der Waals surface area contributed by atoms with E-state index in [0.29, 0.717) is 22.8 Å². The second kappa shape index (κ2) is 7.82. The van der Waals surface area contributed by atoms with Crippen LogP contribution in [0.25, 0.3) is 27.4 Å². The zero-order valence-electron chi connectivity index (χ0n) is 17.1. The maximum atomic E-state index is 12.5. The number of nitrogens with zero attached hydrogens (tertiary/aromatic N) is 7. The first-order chi connectivity index (χ1) is 15.1. The molecule has 0 bridgehead atoms. The molecule has 0 amide bonds. The van der Waals surface area contributed by atoms with Gasteiger partial charge < -0.3 is 9.30 Å². The molecule has 0 aliphatic carbocycles. The van der Waals surface area contributed by atoms with Gasteiger partial charge in [0.1, 0.15) is 16.3 Å². The number of fused-ring (bicyclic) bond motifs is 3. The monoisotopic (exact) mass is 453 g/mol. The van der Waals surface area contributed by atoms with Crippen LogP contribution in [0.2, 0.25) is 0 Å². The SMILES string of the molecule is CCn1c(SCc2nnc3n(C)c(=O)c4sccc4n23)nnc1-c1ccccc1OC. The Morgan fingerprint density at radius 1 is 1.13 bits per heavy atom. The summed E-state index contributed by atoms with van der Waals surface area (Å²) >= 11 is 2.96. The molecule has 4 heterocycles. The van der Waals surface area contributed by atoms with Gasteiger partial charge in [-0.05, 0) is 30.5 Å². The van der Waals surface area contributed by atoms with Crippen LogP contribution in [0, 0.1) is 0 Å². The lowest BCUT2D eigenvalue weighted by molar-refractivity contribution is 0.416. The number of benzene rings is 1. The maximum absolute atomic E-state index is 12.5. The summed E-state index contributed by atoms with van der Waals surface area (Å²) in [6.07, 6.45) is 0. The third-order valence-corrected chi connectivity index (χ3v) is 6.96. The molecule has 158 valence electrons. The number of thioether (sulfide) groups is 1. The summed E-state index contributed by atoms with van der Waals surface area (Å²) in [4.78, 5) is 12.5. The second-order valence-electron chi connectivity index (χ2n) is 6.79. The third kappa shape index (κ3) is 3.12. The van der Waals surface area contributed by atoms with Crippen LogP contribution >= 0.6 is 23.1 Å². The van der Waals surface area contributed by atoms with Crippen LogP contribution in [-0.2, 0) is 19.3 Å². The van der Waals surface area contributed by atoms with Crippen molar-refractivity contribution in [3.05, 3.63) is 51.9 Å². The van der Waals surface area contributed by atoms with E-state index in [-0.39, 0.29) is 5.56 Å². The van der Waals surface area contributed by atoms with E-state index in [1.807, 2.05) is 40.1 Å². The van der Waals surface area contributed by atoms with Crippen LogP contribution in [0.3, 0.4) is 0 Å². The van der Waals surface area contributed by atoms with Crippen LogP contribution in [0.1, 0.15) is 12.7 Å². The summed E-state index contributed by atoms with van der Waals surface area (Å²) in [6.45, 7) is 2.77. The molecule has 0 aliphatic rings. The fourth-order valence-electron chi connectivity index (χ4n) is 3.58. The van der Waals surface area contributed by atoms with Gasteiger partial charge in [0.2, 0.25) is 5.78 Å². The summed E-state index contributed by atoms with van der Waals surface area (Å²) in [5, 5.41) is 20.1. The predicted molar refractivity (Wildman–Crippen MR) is 121 cm³/mol. The molecule has 0 fully saturated rings. The molecular weight excluding hydrogens is 434 g/mol. The molecular formula is C20H19N7O2S2. The minimum atomic E-state index is -0.0590. The summed E-state index contributed by atoms with van der Waals surface area (Å²) in [5.74, 6) is 3.33. The Kier molecular flexibility index (Phi) is 4.98. The quantitative estimate of drug-likeness (QED) is 0.365. The Bertz CT molecular complexity index is 1460. The molecule has 4 aromatic heterocycles. The molecule has 1 aromatic carbocycles. The molecule has 0 spiro atoms. The van der Waals surface area contributed by atoms with Gasteiger partial charge in [-0.2, -0.15) is 0 Å². The van der Waals surface area contributed by atoms with E-state index in [1.54, 1.807) is 14.2 Å². The van der Waals surface area contributed by atoms with Gasteiger partial charge in [0, 0.05) is 13.6 Å². The van der Waals surface area contributed by atoms with Crippen molar-refractivity contribution in [2.24, 2.45) is 7.05 Å². The minimum absolute atomic E-state index is 0.0590. The third-order valence-electron chi connectivity index (χ3n) is 5.11. The van der Waals surface area contributed by atoms with Crippen molar-refractivity contribution in [1.29, 1.82) is 0 Å². The van der Waals surface area contributed by atoms with Gasteiger partial charge in [0.25, 0.3) is 5.56 Å². The van der Waals surface area contributed by atoms with E-state index in [2.05, 4.69) is 31.9 Å². The van der Waals surface area contributed by atoms with Crippen molar-refractivity contribution in [3.8, 4) is 17.1 Å². The van der Waals surface area contributed by atoms with Gasteiger partial charge in [-0.1, -0.05) is 23.9 Å². The lowest BCUT2D eigenvalue weighted by atomic mass is 10.2. The van der Waals surface area contributed by atoms with Crippen molar-refractivity contribution in [1.82, 2.24) is 33.9 Å². The normalized spacial score (nSPS) is 11.6. The molecule has 0 N–H and O–H groups in total. The van der Waals surface area contributed by atoms with Gasteiger partial charge in [-0.25, -0.2) is 0 Å². The van der Waals surface area contributed by atoms with E-state index >= 15 is 0 Å². The van der Waals surface area contributed by atoms with Gasteiger partial charge in [0.05, 0.1) is 23.9 Å². The Hall–Kier alpha value is -3.18. The van der Waals surface area contributed by atoms with Crippen LogP contribution in [0.5, 0.6) is 5.75 Å². The number of aromatic nitrogens is 7. The molecule has 9 nitrogen and oxygen atoms in total. The highest BCUT2D eigenvalue weighted by atomic mass is 32.2. The smallest absolute Gasteiger partial charge is 0.272 e. The fourth-order valence-corrected chi connectivity index (χ4v) is 5.35. The van der Waals surface area contributed by atoms with E-state index in [4.69, 9.17) is 4.74 Å². The molecule has 5 rings (SSSR count). The summed E-state index contributed by atoms with van der Waals surface area (Å²) in [7, 11) is 3.37. The van der Waals surface area contributed by atoms with Crippen molar-refractivity contribution in [3.63, 3.8) is 0 Å². The fraction of sp³-hybridized carbons (Fsp3) is 0.250. The van der Waals surface area contributed by atoms with Gasteiger partial charge in [0.15, 0.2) is 11.0 Å². The molecule has 0 unspecified atom stereocenters. The molecule has 31 heavy (non-hydrogen) atoms. The van der Waals surface area contributed by atoms with Crippen molar-refractivity contribution >= 4 is 39.1 Å². The second-order valence-corrected chi connectivity index (χ2v) is 8.65. The summed E-state index contributed by atoms with van der Waals surface area (Å²) in [5.41, 5.74) is 1.67. The van der Waals surface area contributed by atoms with Crippen LogP contribution in [0.4, 0.5) is 0 Å². The Labute approximate surface area is 185 Å². The highest BCUT2D eigenvalue weighted by molar-refractivity contribution is 7.98. The Balaban J connectivity index is 1.52. The highest BCUT2D eigenvalue weighted by Gasteiger charge is 2.19. The molecule has 0 saturated heterocycles. The van der Waals surface area contributed by atoms with Crippen LogP contribution < -0.4 is 10.3 Å². The van der Waals surface area contributed by atoms with Crippen molar-refractivity contribution in [2.45, 2.75) is 24.4 Å². The molecule has 11 heteroatoms. The van der Waals surface area contributed by atoms with E-state index in [0.717, 1.165) is 33.6 Å². The van der Waals surface area contributed by atoms with Crippen LogP contribution in [-0.4, -0.2) is 41.0 Å². The number of rotatable bonds is 6. The Morgan fingerprint density at radius 3 is 2.77 bits per heavy atom. The summed E-state index contributed by atoms with van der Waals surface area (Å²) in [6, 6.07) is 9.71. The zero-order valence-corrected chi connectivity index (χ0v) is 18.8. The number of hydrogen-bond acceptors (Lipinski definition) is 8. The number of hydrogen-bond donors (Lipinski definition) is 0. The number of methoxy groups -OCH3 is 1. The maximum Gasteiger partial charge on any atom is 0.272 e. The predicted octanol–water partition coefficient (Wildman–Crippen LogP) is 3.22. The number of aryl methyl sites for hydroxylation is 1. The molecule has 0 atom stereocenters. The standard InChI is InChI=1S/C20H19N7O2S2/c1-4-26-17(12-7-5-6-8-14(12)29-3)22-24-20(26)31-11-15-21-23-19-25(2)18(28)16-13(27(15)19)9-10-30-16/h5-10H,4,11H2,1-3H3. The van der Waals surface area contributed by atoms with Crippen molar-refractivity contribution < 1.29 is 4.74 Å². The topological polar surface area (TPSA) is 92.1 Å². The largest absolute Gasteiger partial charge is 0.496 e. The van der Waals surface area contributed by atoms with E-state index in [1.165, 1.54) is 27.7 Å². The number of thiophene rings is 1. The average molecular weight is 454 g/mol. The minimum Gasteiger partial charge on any atom is -0.496 e. The van der Waals surface area contributed by atoms with Gasteiger partial charge in [-0.3, -0.25) is 13.8 Å². The van der Waals surface area contributed by atoms with Crippen LogP contribution in [0.15, 0.2) is 45.7 Å². The first-order valence-corrected chi connectivity index (χ1v) is 11.5. The summed E-state index contributed by atoms with van der Waals surface area (Å²) < 4.78 is 11.7. The molecule has 0 aliphatic heterocycles. The van der Waals surface area contributed by atoms with Gasteiger partial charge >= 0.3 is 0 Å². The van der Waals surface area contributed by atoms with Gasteiger partial charge in [-0.15, -0.1) is 31.7 Å². The first kappa shape index (κ1) is 19.8. The first-order valence-electron chi connectivity index (χ1n) is 9.63. The van der Waals surface area contributed by atoms with Crippen molar-refractivity contribution in [2.75, 3.05) is 7.11 Å².